The molecular formula is C14H14N2OS. The maximum absolute atomic E-state index is 12.0. The summed E-state index contributed by atoms with van der Waals surface area (Å²) in [4.78, 5) is 13.9. The third-order valence-electron chi connectivity index (χ3n) is 3.24. The molecule has 0 atom stereocenters. The Balaban J connectivity index is 1.79. The Morgan fingerprint density at radius 1 is 1.33 bits per heavy atom. The van der Waals surface area contributed by atoms with Gasteiger partial charge in [-0.05, 0) is 52.6 Å². The molecule has 3 rings (SSSR count). The van der Waals surface area contributed by atoms with Crippen LogP contribution in [0, 0.1) is 0 Å². The molecule has 4 heteroatoms. The van der Waals surface area contributed by atoms with Gasteiger partial charge in [0, 0.05) is 17.9 Å². The number of nitrogens with two attached hydrogens (primary N) is 1. The van der Waals surface area contributed by atoms with Crippen LogP contribution in [0.5, 0.6) is 0 Å². The highest BCUT2D eigenvalue weighted by Crippen LogP contribution is 2.30. The summed E-state index contributed by atoms with van der Waals surface area (Å²) in [5.41, 5.74) is 9.82. The number of carbonyl (C=O) groups excluding carboxylic acids is 1. The van der Waals surface area contributed by atoms with Gasteiger partial charge in [-0.3, -0.25) is 4.79 Å². The molecule has 0 saturated heterocycles. The number of hydrogen-bond donors (Lipinski definition) is 1. The van der Waals surface area contributed by atoms with Crippen LogP contribution in [0.1, 0.15) is 11.1 Å². The smallest absolute Gasteiger partial charge is 0.231 e. The highest BCUT2D eigenvalue weighted by molar-refractivity contribution is 7.07. The molecule has 2 heterocycles. The van der Waals surface area contributed by atoms with Crippen molar-refractivity contribution in [3.63, 3.8) is 0 Å². The van der Waals surface area contributed by atoms with Crippen molar-refractivity contribution in [2.24, 2.45) is 0 Å². The van der Waals surface area contributed by atoms with E-state index in [4.69, 9.17) is 5.73 Å². The molecule has 1 aromatic heterocycles. The second-order valence-corrected chi connectivity index (χ2v) is 5.27. The zero-order chi connectivity index (χ0) is 12.5. The molecule has 0 unspecified atom stereocenters. The lowest BCUT2D eigenvalue weighted by molar-refractivity contribution is -0.117. The standard InChI is InChI=1S/C14H14N2OS/c15-12-1-2-13-11(7-12)8-14(17)16(13)5-3-10-4-6-18-9-10/h1-2,4,6-7,9H,3,5,8,15H2. The Labute approximate surface area is 110 Å². The minimum atomic E-state index is 0.172. The van der Waals surface area contributed by atoms with Gasteiger partial charge in [-0.15, -0.1) is 0 Å². The van der Waals surface area contributed by atoms with Crippen LogP contribution in [0.25, 0.3) is 0 Å². The van der Waals surface area contributed by atoms with Crippen molar-refractivity contribution in [1.29, 1.82) is 0 Å². The van der Waals surface area contributed by atoms with Gasteiger partial charge in [0.2, 0.25) is 5.91 Å². The molecule has 1 aromatic carbocycles. The average molecular weight is 258 g/mol. The van der Waals surface area contributed by atoms with E-state index in [1.54, 1.807) is 11.3 Å². The van der Waals surface area contributed by atoms with Crippen LogP contribution in [0.2, 0.25) is 0 Å². The number of fused-ring (bicyclic) bond motifs is 1. The van der Waals surface area contributed by atoms with Crippen LogP contribution in [0.15, 0.2) is 35.0 Å². The van der Waals surface area contributed by atoms with Gasteiger partial charge in [0.15, 0.2) is 0 Å². The molecule has 1 amide bonds. The first kappa shape index (κ1) is 11.3. The first-order valence-electron chi connectivity index (χ1n) is 5.94. The van der Waals surface area contributed by atoms with Crippen molar-refractivity contribution in [1.82, 2.24) is 0 Å². The van der Waals surface area contributed by atoms with Gasteiger partial charge in [-0.1, -0.05) is 0 Å². The number of anilines is 2. The number of hydrogen-bond acceptors (Lipinski definition) is 3. The van der Waals surface area contributed by atoms with Gasteiger partial charge in [0.25, 0.3) is 0 Å². The second-order valence-electron chi connectivity index (χ2n) is 4.49. The lowest BCUT2D eigenvalue weighted by Crippen LogP contribution is -2.28. The summed E-state index contributed by atoms with van der Waals surface area (Å²) < 4.78 is 0. The number of carbonyl (C=O) groups is 1. The van der Waals surface area contributed by atoms with E-state index in [0.29, 0.717) is 6.42 Å². The topological polar surface area (TPSA) is 46.3 Å². The normalized spacial score (nSPS) is 14.0. The Bertz CT molecular complexity index is 577. The van der Waals surface area contributed by atoms with E-state index in [-0.39, 0.29) is 5.91 Å². The van der Waals surface area contributed by atoms with Gasteiger partial charge >= 0.3 is 0 Å². The zero-order valence-corrected chi connectivity index (χ0v) is 10.7. The number of benzene rings is 1. The molecule has 0 aliphatic carbocycles. The number of thiophene rings is 1. The Morgan fingerprint density at radius 3 is 3.00 bits per heavy atom. The summed E-state index contributed by atoms with van der Waals surface area (Å²) in [7, 11) is 0. The van der Waals surface area contributed by atoms with E-state index in [2.05, 4.69) is 16.8 Å². The van der Waals surface area contributed by atoms with Crippen LogP contribution in [-0.4, -0.2) is 12.5 Å². The van der Waals surface area contributed by atoms with Gasteiger partial charge in [-0.25, -0.2) is 0 Å². The first-order valence-corrected chi connectivity index (χ1v) is 6.88. The van der Waals surface area contributed by atoms with E-state index < -0.39 is 0 Å². The third-order valence-corrected chi connectivity index (χ3v) is 3.97. The predicted molar refractivity (Wildman–Crippen MR) is 74.9 cm³/mol. The number of rotatable bonds is 3. The lowest BCUT2D eigenvalue weighted by Gasteiger charge is -2.17. The molecule has 92 valence electrons. The predicted octanol–water partition coefficient (Wildman–Crippen LogP) is 2.46. The number of nitrogens with zero attached hydrogens (tertiary/aromatic N) is 1. The molecule has 0 saturated carbocycles. The summed E-state index contributed by atoms with van der Waals surface area (Å²) in [5.74, 6) is 0.172. The lowest BCUT2D eigenvalue weighted by atomic mass is 10.1. The molecule has 1 aliphatic rings. The van der Waals surface area contributed by atoms with Crippen molar-refractivity contribution in [2.75, 3.05) is 17.2 Å². The van der Waals surface area contributed by atoms with Gasteiger partial charge in [0.1, 0.15) is 0 Å². The van der Waals surface area contributed by atoms with Crippen molar-refractivity contribution in [2.45, 2.75) is 12.8 Å². The van der Waals surface area contributed by atoms with E-state index in [0.717, 1.165) is 29.9 Å². The van der Waals surface area contributed by atoms with E-state index in [1.165, 1.54) is 5.56 Å². The number of amides is 1. The summed E-state index contributed by atoms with van der Waals surface area (Å²) in [6, 6.07) is 7.81. The number of nitrogen functional groups attached to an aromatic ring is 1. The molecular weight excluding hydrogens is 244 g/mol. The SMILES string of the molecule is Nc1ccc2c(c1)CC(=O)N2CCc1ccsc1. The Morgan fingerprint density at radius 2 is 2.22 bits per heavy atom. The zero-order valence-electron chi connectivity index (χ0n) is 9.93. The molecule has 0 bridgehead atoms. The molecule has 0 fully saturated rings. The van der Waals surface area contributed by atoms with E-state index in [1.807, 2.05) is 23.1 Å². The third kappa shape index (κ3) is 1.99. The van der Waals surface area contributed by atoms with Crippen molar-refractivity contribution in [3.05, 3.63) is 46.2 Å². The largest absolute Gasteiger partial charge is 0.399 e. The molecule has 0 radical (unpaired) electrons. The quantitative estimate of drug-likeness (QED) is 0.860. The molecule has 1 aliphatic heterocycles. The average Bonchev–Trinajstić information content (AvgIpc) is 2.93. The van der Waals surface area contributed by atoms with Crippen LogP contribution < -0.4 is 10.6 Å². The van der Waals surface area contributed by atoms with Crippen LogP contribution in [0.3, 0.4) is 0 Å². The van der Waals surface area contributed by atoms with Crippen LogP contribution in [-0.2, 0) is 17.6 Å². The van der Waals surface area contributed by atoms with Gasteiger partial charge in [0.05, 0.1) is 6.42 Å². The molecule has 2 aromatic rings. The fraction of sp³-hybridized carbons (Fsp3) is 0.214. The summed E-state index contributed by atoms with van der Waals surface area (Å²) in [6.07, 6.45) is 1.38. The summed E-state index contributed by atoms with van der Waals surface area (Å²) in [5, 5.41) is 4.19. The first-order chi connectivity index (χ1) is 8.74. The summed E-state index contributed by atoms with van der Waals surface area (Å²) in [6.45, 7) is 0.743. The molecule has 0 spiro atoms. The Hall–Kier alpha value is -1.81. The highest BCUT2D eigenvalue weighted by atomic mass is 32.1. The Kier molecular flexibility index (Phi) is 2.80. The fourth-order valence-corrected chi connectivity index (χ4v) is 3.03. The van der Waals surface area contributed by atoms with Crippen molar-refractivity contribution < 1.29 is 4.79 Å². The highest BCUT2D eigenvalue weighted by Gasteiger charge is 2.26. The molecule has 3 nitrogen and oxygen atoms in total. The van der Waals surface area contributed by atoms with Crippen molar-refractivity contribution in [3.8, 4) is 0 Å². The summed E-state index contributed by atoms with van der Waals surface area (Å²) >= 11 is 1.69. The molecule has 18 heavy (non-hydrogen) atoms. The van der Waals surface area contributed by atoms with Crippen molar-refractivity contribution >= 4 is 28.6 Å². The maximum Gasteiger partial charge on any atom is 0.231 e. The van der Waals surface area contributed by atoms with Gasteiger partial charge in [-0.2, -0.15) is 11.3 Å². The minimum Gasteiger partial charge on any atom is -0.399 e. The monoisotopic (exact) mass is 258 g/mol. The fourth-order valence-electron chi connectivity index (χ4n) is 2.32. The van der Waals surface area contributed by atoms with Crippen LogP contribution >= 0.6 is 11.3 Å². The van der Waals surface area contributed by atoms with Crippen LogP contribution in [0.4, 0.5) is 11.4 Å². The van der Waals surface area contributed by atoms with Gasteiger partial charge < -0.3 is 10.6 Å². The van der Waals surface area contributed by atoms with E-state index >= 15 is 0 Å². The molecule has 2 N–H and O–H groups in total. The maximum atomic E-state index is 12.0. The second kappa shape index (κ2) is 4.46. The minimum absolute atomic E-state index is 0.172. The van der Waals surface area contributed by atoms with E-state index in [9.17, 15) is 4.79 Å².